The topological polar surface area (TPSA) is 152 Å². The first-order chi connectivity index (χ1) is 27.8. The Hall–Kier alpha value is -2.08. The molecule has 0 aromatic heterocycles. The monoisotopic (exact) mass is 809 g/mol. The lowest BCUT2D eigenvalue weighted by atomic mass is 9.99. The Labute approximate surface area is 346 Å². The minimum Gasteiger partial charge on any atom is -0.462 e. The molecule has 0 spiro atoms. The van der Waals surface area contributed by atoms with Crippen molar-refractivity contribution >= 4 is 11.9 Å². The molecule has 2 unspecified atom stereocenters. The van der Waals surface area contributed by atoms with Gasteiger partial charge < -0.3 is 39.4 Å². The van der Waals surface area contributed by atoms with Crippen LogP contribution in [0.15, 0.2) is 36.5 Å². The molecule has 6 atom stereocenters. The van der Waals surface area contributed by atoms with E-state index in [1.54, 1.807) is 0 Å². The molecule has 57 heavy (non-hydrogen) atoms. The summed E-state index contributed by atoms with van der Waals surface area (Å²) in [5.74, 6) is -0.823. The zero-order valence-corrected chi connectivity index (χ0v) is 36.1. The second-order valence-electron chi connectivity index (χ2n) is 15.8. The lowest BCUT2D eigenvalue weighted by Gasteiger charge is -2.39. The second-order valence-corrected chi connectivity index (χ2v) is 15.8. The molecule has 10 heteroatoms. The van der Waals surface area contributed by atoms with Gasteiger partial charge in [-0.25, -0.2) is 0 Å². The maximum atomic E-state index is 12.8. The highest BCUT2D eigenvalue weighted by Gasteiger charge is 2.44. The fourth-order valence-corrected chi connectivity index (χ4v) is 6.80. The number of carbonyl (C=O) groups is 2. The quantitative estimate of drug-likeness (QED) is 0.0270. The number of allylic oxidation sites excluding steroid dienone is 6. The molecule has 332 valence electrons. The van der Waals surface area contributed by atoms with E-state index in [-0.39, 0.29) is 32.0 Å². The number of rotatable bonds is 38. The number of carbonyl (C=O) groups excluding carboxylic acids is 2. The van der Waals surface area contributed by atoms with Crippen LogP contribution in [0.5, 0.6) is 0 Å². The van der Waals surface area contributed by atoms with Crippen molar-refractivity contribution in [1.82, 2.24) is 0 Å². The van der Waals surface area contributed by atoms with Gasteiger partial charge in [-0.2, -0.15) is 0 Å². The Balaban J connectivity index is 2.33. The number of unbranched alkanes of at least 4 members (excludes halogenated alkanes) is 21. The Kier molecular flexibility index (Phi) is 35.4. The normalized spacial score (nSPS) is 20.6. The lowest BCUT2D eigenvalue weighted by Crippen LogP contribution is -2.59. The first-order valence-corrected chi connectivity index (χ1v) is 23.1. The van der Waals surface area contributed by atoms with Crippen LogP contribution in [0.1, 0.15) is 194 Å². The maximum Gasteiger partial charge on any atom is 0.306 e. The Morgan fingerprint density at radius 1 is 0.544 bits per heavy atom. The van der Waals surface area contributed by atoms with Crippen molar-refractivity contribution in [3.05, 3.63) is 36.5 Å². The SMILES string of the molecule is CCCCC/C=C/C/C=C/CCCCCCCCCC(=O)O[C@H](COC(=O)CCCCCCC/C=C/CCCCCCCC)CO[C@@H]1O[C@H](CO)[C@H](O)C(O)C1O. The van der Waals surface area contributed by atoms with Crippen molar-refractivity contribution in [2.24, 2.45) is 0 Å². The van der Waals surface area contributed by atoms with Gasteiger partial charge in [0.2, 0.25) is 0 Å². The van der Waals surface area contributed by atoms with Gasteiger partial charge in [0.1, 0.15) is 31.0 Å². The van der Waals surface area contributed by atoms with E-state index >= 15 is 0 Å². The molecule has 1 aliphatic rings. The number of hydrogen-bond acceptors (Lipinski definition) is 10. The van der Waals surface area contributed by atoms with E-state index in [1.807, 2.05) is 0 Å². The number of ether oxygens (including phenoxy) is 4. The van der Waals surface area contributed by atoms with Crippen LogP contribution in [0.25, 0.3) is 0 Å². The van der Waals surface area contributed by atoms with Crippen molar-refractivity contribution in [3.8, 4) is 0 Å². The standard InChI is InChI=1S/C47H84O10/c1-3-5-7-9-11-13-15-17-19-20-22-24-26-28-30-32-34-36-43(50)56-40(39-55-47-46(53)45(52)44(51)41(37-48)57-47)38-54-42(49)35-33-31-29-27-25-23-21-18-16-14-12-10-8-6-4-2/h11,13,17-19,21,40-41,44-48,51-53H,3-10,12,14-16,20,22-39H2,1-2H3/b13-11+,19-17+,21-18+/t40-,41-,44+,45?,46?,47-/m1/s1. The first kappa shape index (κ1) is 52.9. The summed E-state index contributed by atoms with van der Waals surface area (Å²) in [6.07, 6.45) is 35.7. The minimum atomic E-state index is -1.60. The number of hydrogen-bond donors (Lipinski definition) is 4. The molecule has 1 fully saturated rings. The molecule has 0 aromatic carbocycles. The molecule has 1 heterocycles. The third kappa shape index (κ3) is 29.7. The first-order valence-electron chi connectivity index (χ1n) is 23.1. The van der Waals surface area contributed by atoms with Crippen molar-refractivity contribution in [2.45, 2.75) is 230 Å². The Morgan fingerprint density at radius 2 is 0.982 bits per heavy atom. The third-order valence-corrected chi connectivity index (χ3v) is 10.5. The molecule has 10 nitrogen and oxygen atoms in total. The molecule has 1 saturated heterocycles. The van der Waals surface area contributed by atoms with Gasteiger partial charge >= 0.3 is 11.9 Å². The summed E-state index contributed by atoms with van der Waals surface area (Å²) in [6, 6.07) is 0. The molecular weight excluding hydrogens is 725 g/mol. The van der Waals surface area contributed by atoms with Crippen LogP contribution in [0.4, 0.5) is 0 Å². The predicted octanol–water partition coefficient (Wildman–Crippen LogP) is 9.89. The van der Waals surface area contributed by atoms with Crippen molar-refractivity contribution in [2.75, 3.05) is 19.8 Å². The van der Waals surface area contributed by atoms with Crippen LogP contribution >= 0.6 is 0 Å². The average molecular weight is 809 g/mol. The van der Waals surface area contributed by atoms with Crippen LogP contribution in [-0.4, -0.2) is 89.0 Å². The fourth-order valence-electron chi connectivity index (χ4n) is 6.80. The largest absolute Gasteiger partial charge is 0.462 e. The van der Waals surface area contributed by atoms with Gasteiger partial charge in [0.15, 0.2) is 12.4 Å². The van der Waals surface area contributed by atoms with E-state index in [0.29, 0.717) is 12.8 Å². The zero-order valence-electron chi connectivity index (χ0n) is 36.1. The van der Waals surface area contributed by atoms with Gasteiger partial charge in [-0.1, -0.05) is 147 Å². The Bertz CT molecular complexity index is 1030. The highest BCUT2D eigenvalue weighted by atomic mass is 16.7. The predicted molar refractivity (Wildman–Crippen MR) is 229 cm³/mol. The van der Waals surface area contributed by atoms with Crippen LogP contribution in [0.2, 0.25) is 0 Å². The van der Waals surface area contributed by atoms with Gasteiger partial charge in [-0.05, 0) is 70.6 Å². The smallest absolute Gasteiger partial charge is 0.306 e. The van der Waals surface area contributed by atoms with Crippen LogP contribution in [-0.2, 0) is 28.5 Å². The van der Waals surface area contributed by atoms with E-state index in [9.17, 15) is 30.0 Å². The summed E-state index contributed by atoms with van der Waals surface area (Å²) in [5, 5.41) is 40.1. The molecular formula is C47H84O10. The van der Waals surface area contributed by atoms with E-state index in [4.69, 9.17) is 18.9 Å². The summed E-state index contributed by atoms with van der Waals surface area (Å²) in [4.78, 5) is 25.3. The van der Waals surface area contributed by atoms with Crippen molar-refractivity contribution < 1.29 is 49.0 Å². The van der Waals surface area contributed by atoms with E-state index < -0.39 is 49.4 Å². The summed E-state index contributed by atoms with van der Waals surface area (Å²) in [7, 11) is 0. The molecule has 0 radical (unpaired) electrons. The second kappa shape index (κ2) is 38.1. The van der Waals surface area contributed by atoms with Crippen molar-refractivity contribution in [1.29, 1.82) is 0 Å². The van der Waals surface area contributed by atoms with Crippen LogP contribution < -0.4 is 0 Å². The van der Waals surface area contributed by atoms with Crippen LogP contribution in [0.3, 0.4) is 0 Å². The van der Waals surface area contributed by atoms with Gasteiger partial charge in [0.25, 0.3) is 0 Å². The molecule has 4 N–H and O–H groups in total. The van der Waals surface area contributed by atoms with Crippen LogP contribution in [0, 0.1) is 0 Å². The molecule has 1 rings (SSSR count). The lowest BCUT2D eigenvalue weighted by molar-refractivity contribution is -0.305. The molecule has 0 amide bonds. The summed E-state index contributed by atoms with van der Waals surface area (Å²) >= 11 is 0. The average Bonchev–Trinajstić information content (AvgIpc) is 3.21. The van der Waals surface area contributed by atoms with Gasteiger partial charge in [0, 0.05) is 12.8 Å². The number of esters is 2. The summed E-state index contributed by atoms with van der Waals surface area (Å²) in [6.45, 7) is 3.38. The number of aliphatic hydroxyl groups excluding tert-OH is 4. The summed E-state index contributed by atoms with van der Waals surface area (Å²) < 4.78 is 22.2. The van der Waals surface area contributed by atoms with E-state index in [2.05, 4.69) is 50.3 Å². The van der Waals surface area contributed by atoms with Gasteiger partial charge in [-0.3, -0.25) is 9.59 Å². The highest BCUT2D eigenvalue weighted by molar-refractivity contribution is 5.70. The number of aliphatic hydroxyl groups is 4. The molecule has 0 aliphatic carbocycles. The third-order valence-electron chi connectivity index (χ3n) is 10.5. The van der Waals surface area contributed by atoms with Crippen molar-refractivity contribution in [3.63, 3.8) is 0 Å². The van der Waals surface area contributed by atoms with Gasteiger partial charge in [-0.15, -0.1) is 0 Å². The molecule has 0 saturated carbocycles. The fraction of sp³-hybridized carbons (Fsp3) is 0.830. The highest BCUT2D eigenvalue weighted by Crippen LogP contribution is 2.22. The molecule has 0 aromatic rings. The minimum absolute atomic E-state index is 0.219. The maximum absolute atomic E-state index is 12.8. The summed E-state index contributed by atoms with van der Waals surface area (Å²) in [5.41, 5.74) is 0. The zero-order chi connectivity index (χ0) is 41.6. The Morgan fingerprint density at radius 3 is 1.51 bits per heavy atom. The molecule has 0 bridgehead atoms. The molecule has 1 aliphatic heterocycles. The van der Waals surface area contributed by atoms with Gasteiger partial charge in [0.05, 0.1) is 13.2 Å². The van der Waals surface area contributed by atoms with E-state index in [0.717, 1.165) is 64.2 Å². The van der Waals surface area contributed by atoms with E-state index in [1.165, 1.54) is 89.9 Å².